The number of nitrogens with zero attached hydrogens (tertiary/aromatic N) is 3. The average Bonchev–Trinajstić information content (AvgIpc) is 1.68. The molecule has 4 heterocycles. The third-order valence-electron chi connectivity index (χ3n) is 31.7. The van der Waals surface area contributed by atoms with E-state index in [9.17, 15) is 0 Å². The van der Waals surface area contributed by atoms with Crippen LogP contribution in [0.25, 0.3) is 279 Å². The molecule has 4 heteroatoms. The Morgan fingerprint density at radius 3 is 0.846 bits per heavy atom. The number of hydrogen-bond donors (Lipinski definition) is 0. The number of benzene rings is 26. The van der Waals surface area contributed by atoms with Gasteiger partial charge in [-0.2, -0.15) is 0 Å². The maximum absolute atomic E-state index is 6.14. The Bertz CT molecular complexity index is 10300. The first-order chi connectivity index (χ1) is 70.3. The highest BCUT2D eigenvalue weighted by Gasteiger charge is 2.36. The van der Waals surface area contributed by atoms with Crippen molar-refractivity contribution in [2.45, 2.75) is 45.4 Å². The van der Waals surface area contributed by atoms with E-state index in [1.54, 1.807) is 0 Å². The van der Waals surface area contributed by atoms with Crippen LogP contribution in [-0.4, -0.2) is 13.7 Å². The normalized spacial score (nSPS) is 12.7. The van der Waals surface area contributed by atoms with Crippen molar-refractivity contribution in [3.63, 3.8) is 0 Å². The summed E-state index contributed by atoms with van der Waals surface area (Å²) in [4.78, 5) is 0. The van der Waals surface area contributed by atoms with Crippen LogP contribution in [0.5, 0.6) is 0 Å². The highest BCUT2D eigenvalue weighted by atomic mass is 16.3. The third-order valence-corrected chi connectivity index (χ3v) is 31.7. The standard InChI is InChI=1S/C49H33N.C46H27NO.C44H33N/c1-49(2)43-12-6-3-9-37(43)38-26-21-33(29-44(38)49)36-25-18-32-19-27-41-35(24-17-31-20-28-42(36)48(32)47(31)41)30-15-22-34(23-16-30)50-45-13-7-4-10-39(45)40-11-5-8-14-46(40)50;1-4-10-41-35(7-1)36-8-2-5-11-42(36)47(41)32-20-13-28(14-21-32)33-22-15-29-18-25-39-34(23-16-30-17-24-38(33)45(29)46(30)39)31-19-26-44-40(27-31)37-9-3-6-12-43(37)48-44;1-44(2,3)32-21-15-28(16-22-32)34-23-17-29-20-26-39-35(24-18-30-19-25-38(34)42(29)43(30)39)31-9-8-10-33(27-31)45-40-13-6-4-11-36(40)37-12-5-7-14-41(37)45/h3-29H,1-2H3;1-27H;4-27H,1-3H3. The van der Waals surface area contributed by atoms with Crippen molar-refractivity contribution in [3.05, 3.63) is 490 Å². The van der Waals surface area contributed by atoms with Crippen LogP contribution in [0.1, 0.15) is 51.3 Å². The van der Waals surface area contributed by atoms with Crippen molar-refractivity contribution in [2.24, 2.45) is 0 Å². The van der Waals surface area contributed by atoms with E-state index in [0.717, 1.165) is 21.9 Å². The second-order valence-corrected chi connectivity index (χ2v) is 40.8. The van der Waals surface area contributed by atoms with Gasteiger partial charge in [0.1, 0.15) is 11.2 Å². The largest absolute Gasteiger partial charge is 0.456 e. The molecule has 0 N–H and O–H groups in total. The molecule has 0 radical (unpaired) electrons. The molecule has 0 saturated heterocycles. The fourth-order valence-electron chi connectivity index (χ4n) is 24.8. The molecule has 1 aliphatic rings. The van der Waals surface area contributed by atoms with Crippen LogP contribution in [0, 0.1) is 0 Å². The number of hydrogen-bond acceptors (Lipinski definition) is 1. The zero-order chi connectivity index (χ0) is 94.8. The first-order valence-electron chi connectivity index (χ1n) is 50.0. The van der Waals surface area contributed by atoms with Gasteiger partial charge in [-0.25, -0.2) is 0 Å². The molecule has 143 heavy (non-hydrogen) atoms. The topological polar surface area (TPSA) is 27.9 Å². The minimum atomic E-state index is -0.0300. The van der Waals surface area contributed by atoms with Gasteiger partial charge in [0.2, 0.25) is 0 Å². The smallest absolute Gasteiger partial charge is 0.135 e. The Labute approximate surface area is 826 Å². The Balaban J connectivity index is 0.000000102. The SMILES string of the molecule is CC(C)(C)c1ccc(-c2ccc3ccc4c(-c5cccc(-n6c7ccccc7c7ccccc76)c5)ccc5ccc2c3c54)cc1.CC1(C)c2ccccc2-c2ccc(-c3ccc4ccc5c(-c6ccc(-n7c8ccccc8c8ccccc87)cc6)ccc6ccc3c4c65)cc21.c1ccc2c(c1)oc1ccc(-c3ccc4ccc5c(-c6ccc(-n7c8ccccc8c8ccccc87)cc6)ccc6ccc3c4c65)cc12. The van der Waals surface area contributed by atoms with Gasteiger partial charge in [-0.15, -0.1) is 0 Å². The summed E-state index contributed by atoms with van der Waals surface area (Å²) < 4.78 is 13.3. The van der Waals surface area contributed by atoms with E-state index in [1.807, 2.05) is 12.1 Å². The lowest BCUT2D eigenvalue weighted by molar-refractivity contribution is 0.590. The fraction of sp³-hybridized carbons (Fsp3) is 0.0504. The van der Waals surface area contributed by atoms with Gasteiger partial charge in [-0.3, -0.25) is 0 Å². The molecule has 30 aromatic rings. The molecule has 0 spiro atoms. The van der Waals surface area contributed by atoms with E-state index < -0.39 is 0 Å². The molecule has 0 unspecified atom stereocenters. The van der Waals surface area contributed by atoms with Gasteiger partial charge < -0.3 is 18.1 Å². The van der Waals surface area contributed by atoms with Crippen LogP contribution < -0.4 is 0 Å². The lowest BCUT2D eigenvalue weighted by Gasteiger charge is -2.22. The van der Waals surface area contributed by atoms with Crippen molar-refractivity contribution >= 4 is 184 Å². The summed E-state index contributed by atoms with van der Waals surface area (Å²) in [6.07, 6.45) is 0. The predicted octanol–water partition coefficient (Wildman–Crippen LogP) is 38.5. The monoisotopic (exact) mass is 1820 g/mol. The van der Waals surface area contributed by atoms with Crippen molar-refractivity contribution in [1.29, 1.82) is 0 Å². The molecular weight excluding hydrogens is 1730 g/mol. The Morgan fingerprint density at radius 1 is 0.182 bits per heavy atom. The minimum Gasteiger partial charge on any atom is -0.456 e. The van der Waals surface area contributed by atoms with Crippen LogP contribution >= 0.6 is 0 Å². The molecule has 0 fully saturated rings. The van der Waals surface area contributed by atoms with E-state index in [2.05, 4.69) is 509 Å². The lowest BCUT2D eigenvalue weighted by atomic mass is 9.81. The van der Waals surface area contributed by atoms with Crippen LogP contribution in [-0.2, 0) is 10.8 Å². The summed E-state index contributed by atoms with van der Waals surface area (Å²) in [6, 6.07) is 175. The van der Waals surface area contributed by atoms with E-state index in [1.165, 1.54) is 274 Å². The van der Waals surface area contributed by atoms with Gasteiger partial charge in [0.05, 0.1) is 33.1 Å². The number of rotatable bonds is 9. The molecule has 0 bridgehead atoms. The van der Waals surface area contributed by atoms with Crippen molar-refractivity contribution in [2.75, 3.05) is 0 Å². The molecule has 4 nitrogen and oxygen atoms in total. The van der Waals surface area contributed by atoms with Gasteiger partial charge >= 0.3 is 0 Å². The number of furan rings is 1. The summed E-state index contributed by atoms with van der Waals surface area (Å²) in [7, 11) is 0. The van der Waals surface area contributed by atoms with Crippen molar-refractivity contribution < 1.29 is 4.42 Å². The molecule has 0 saturated carbocycles. The van der Waals surface area contributed by atoms with Gasteiger partial charge in [0.25, 0.3) is 0 Å². The number of aromatic nitrogens is 3. The maximum Gasteiger partial charge on any atom is 0.135 e. The second-order valence-electron chi connectivity index (χ2n) is 40.8. The molecule has 26 aromatic carbocycles. The van der Waals surface area contributed by atoms with Gasteiger partial charge in [0.15, 0.2) is 0 Å². The Kier molecular flexibility index (Phi) is 18.1. The van der Waals surface area contributed by atoms with E-state index in [4.69, 9.17) is 4.42 Å². The summed E-state index contributed by atoms with van der Waals surface area (Å²) in [6.45, 7) is 11.5. The molecule has 670 valence electrons. The van der Waals surface area contributed by atoms with Crippen LogP contribution in [0.4, 0.5) is 0 Å². The van der Waals surface area contributed by atoms with Crippen LogP contribution in [0.3, 0.4) is 0 Å². The third kappa shape index (κ3) is 12.7. The molecule has 0 amide bonds. The highest BCUT2D eigenvalue weighted by Crippen LogP contribution is 2.53. The number of fused-ring (bicyclic) bond motifs is 15. The summed E-state index contributed by atoms with van der Waals surface area (Å²) in [5, 5.41) is 33.5. The molecule has 0 atom stereocenters. The van der Waals surface area contributed by atoms with Crippen molar-refractivity contribution in [1.82, 2.24) is 13.7 Å². The summed E-state index contributed by atoms with van der Waals surface area (Å²) in [5.41, 5.74) is 34.8. The Morgan fingerprint density at radius 2 is 0.462 bits per heavy atom. The summed E-state index contributed by atoms with van der Waals surface area (Å²) >= 11 is 0. The molecular formula is C139H93N3O. The zero-order valence-electron chi connectivity index (χ0n) is 79.8. The zero-order valence-corrected chi connectivity index (χ0v) is 79.8. The van der Waals surface area contributed by atoms with E-state index in [0.29, 0.717) is 0 Å². The molecule has 4 aromatic heterocycles. The van der Waals surface area contributed by atoms with Gasteiger partial charge in [-0.05, 0) is 294 Å². The van der Waals surface area contributed by atoms with Gasteiger partial charge in [0, 0.05) is 65.6 Å². The fourth-order valence-corrected chi connectivity index (χ4v) is 24.8. The number of para-hydroxylation sites is 7. The highest BCUT2D eigenvalue weighted by molar-refractivity contribution is 6.31. The molecule has 31 rings (SSSR count). The predicted molar refractivity (Wildman–Crippen MR) is 610 cm³/mol. The maximum atomic E-state index is 6.14. The van der Waals surface area contributed by atoms with E-state index >= 15 is 0 Å². The lowest BCUT2D eigenvalue weighted by Crippen LogP contribution is -2.14. The second kappa shape index (κ2) is 31.5. The van der Waals surface area contributed by atoms with Crippen LogP contribution in [0.15, 0.2) is 478 Å². The van der Waals surface area contributed by atoms with Crippen LogP contribution in [0.2, 0.25) is 0 Å². The molecule has 0 aliphatic heterocycles. The molecule has 1 aliphatic carbocycles. The van der Waals surface area contributed by atoms with E-state index in [-0.39, 0.29) is 10.8 Å². The minimum absolute atomic E-state index is 0.0300. The first-order valence-corrected chi connectivity index (χ1v) is 50.0. The summed E-state index contributed by atoms with van der Waals surface area (Å²) in [5.74, 6) is 0. The van der Waals surface area contributed by atoms with Gasteiger partial charge in [-0.1, -0.05) is 411 Å². The quantitative estimate of drug-likeness (QED) is 0.132. The Hall–Kier alpha value is -18.0. The van der Waals surface area contributed by atoms with Crippen molar-refractivity contribution in [3.8, 4) is 95.0 Å². The first kappa shape index (κ1) is 82.1. The average molecular weight is 1820 g/mol.